The highest BCUT2D eigenvalue weighted by Crippen LogP contribution is 2.56. The van der Waals surface area contributed by atoms with Crippen molar-refractivity contribution in [2.24, 2.45) is 17.8 Å². The minimum Gasteiger partial charge on any atom is -0.364 e. The summed E-state index contributed by atoms with van der Waals surface area (Å²) in [6.07, 6.45) is 10.4. The fourth-order valence-electron chi connectivity index (χ4n) is 5.02. The molecule has 0 radical (unpaired) electrons. The summed E-state index contributed by atoms with van der Waals surface area (Å²) in [4.78, 5) is 4.55. The Bertz CT molecular complexity index is 480. The van der Waals surface area contributed by atoms with E-state index in [1.807, 2.05) is 6.20 Å². The van der Waals surface area contributed by atoms with E-state index < -0.39 is 0 Å². The fraction of sp³-hybridized carbons (Fsp3) is 0.667. The van der Waals surface area contributed by atoms with Gasteiger partial charge in [0, 0.05) is 16.2 Å². The lowest BCUT2D eigenvalue weighted by Gasteiger charge is -2.57. The Morgan fingerprint density at radius 3 is 2.16 bits per heavy atom. The van der Waals surface area contributed by atoms with Gasteiger partial charge in [-0.15, -0.1) is 0 Å². The molecule has 1 aromatic heterocycles. The van der Waals surface area contributed by atoms with Crippen LogP contribution in [0.4, 0.5) is 5.82 Å². The number of halogens is 2. The molecule has 0 amide bonds. The Labute approximate surface area is 131 Å². The van der Waals surface area contributed by atoms with Crippen molar-refractivity contribution in [1.82, 2.24) is 4.98 Å². The number of hydrogen-bond donors (Lipinski definition) is 1. The van der Waals surface area contributed by atoms with Crippen molar-refractivity contribution in [3.05, 3.63) is 21.2 Å². The van der Waals surface area contributed by atoms with Gasteiger partial charge in [0.1, 0.15) is 5.82 Å². The molecule has 5 rings (SSSR count). The van der Waals surface area contributed by atoms with Crippen LogP contribution in [-0.2, 0) is 0 Å². The van der Waals surface area contributed by atoms with E-state index in [0.717, 1.165) is 32.5 Å². The fourth-order valence-corrected chi connectivity index (χ4v) is 6.11. The highest BCUT2D eigenvalue weighted by atomic mass is 79.9. The smallest absolute Gasteiger partial charge is 0.140 e. The molecule has 4 saturated carbocycles. The normalized spacial score (nSPS) is 39.6. The predicted octanol–water partition coefficient (Wildman–Crippen LogP) is 4.99. The van der Waals surface area contributed by atoms with Crippen LogP contribution < -0.4 is 5.32 Å². The van der Waals surface area contributed by atoms with Crippen molar-refractivity contribution in [2.45, 2.75) is 44.1 Å². The maximum absolute atomic E-state index is 4.55. The highest BCUT2D eigenvalue weighted by molar-refractivity contribution is 9.11. The zero-order valence-corrected chi connectivity index (χ0v) is 14.0. The van der Waals surface area contributed by atoms with Crippen LogP contribution in [0.2, 0.25) is 0 Å². The molecule has 0 aliphatic heterocycles. The topological polar surface area (TPSA) is 24.9 Å². The van der Waals surface area contributed by atoms with Gasteiger partial charge in [-0.2, -0.15) is 0 Å². The van der Waals surface area contributed by atoms with E-state index in [1.54, 1.807) is 0 Å². The van der Waals surface area contributed by atoms with Crippen molar-refractivity contribution < 1.29 is 0 Å². The van der Waals surface area contributed by atoms with Crippen LogP contribution in [0.1, 0.15) is 38.5 Å². The van der Waals surface area contributed by atoms with Crippen molar-refractivity contribution in [1.29, 1.82) is 0 Å². The Morgan fingerprint density at radius 2 is 1.63 bits per heavy atom. The van der Waals surface area contributed by atoms with Gasteiger partial charge in [0.15, 0.2) is 0 Å². The largest absolute Gasteiger partial charge is 0.364 e. The van der Waals surface area contributed by atoms with E-state index in [4.69, 9.17) is 0 Å². The van der Waals surface area contributed by atoms with Crippen LogP contribution >= 0.6 is 31.9 Å². The molecule has 0 unspecified atom stereocenters. The van der Waals surface area contributed by atoms with Crippen LogP contribution in [0.25, 0.3) is 0 Å². The van der Waals surface area contributed by atoms with Crippen LogP contribution in [0, 0.1) is 17.8 Å². The lowest BCUT2D eigenvalue weighted by molar-refractivity contribution is 0.0105. The van der Waals surface area contributed by atoms with E-state index in [0.29, 0.717) is 5.54 Å². The molecule has 2 nitrogen and oxygen atoms in total. The van der Waals surface area contributed by atoms with E-state index in [9.17, 15) is 0 Å². The number of nitrogens with zero attached hydrogens (tertiary/aromatic N) is 1. The second-order valence-corrected chi connectivity index (χ2v) is 8.58. The molecular weight excluding hydrogens is 368 g/mol. The number of nitrogens with one attached hydrogen (secondary N) is 1. The van der Waals surface area contributed by atoms with Gasteiger partial charge in [-0.05, 0) is 94.2 Å². The molecular formula is C15H18Br2N2. The Kier molecular flexibility index (Phi) is 2.96. The van der Waals surface area contributed by atoms with Crippen molar-refractivity contribution >= 4 is 37.7 Å². The van der Waals surface area contributed by atoms with Crippen LogP contribution in [0.15, 0.2) is 21.2 Å². The quantitative estimate of drug-likeness (QED) is 0.775. The monoisotopic (exact) mass is 384 g/mol. The lowest BCUT2D eigenvalue weighted by Crippen LogP contribution is -2.54. The number of hydrogen-bond acceptors (Lipinski definition) is 2. The minimum absolute atomic E-state index is 0.331. The third-order valence-electron chi connectivity index (χ3n) is 5.23. The van der Waals surface area contributed by atoms with Crippen LogP contribution in [0.3, 0.4) is 0 Å². The summed E-state index contributed by atoms with van der Waals surface area (Å²) < 4.78 is 2.09. The highest BCUT2D eigenvalue weighted by Gasteiger charge is 2.51. The standard InChI is InChI=1S/C15H18Br2N2/c16-12-4-13(17)14(18-8-12)19-15-5-9-1-10(6-15)3-11(2-9)7-15/h4,8-11H,1-3,5-7H2,(H,18,19). The number of anilines is 1. The van der Waals surface area contributed by atoms with E-state index >= 15 is 0 Å². The van der Waals surface area contributed by atoms with Crippen LogP contribution in [0.5, 0.6) is 0 Å². The first-order chi connectivity index (χ1) is 9.12. The number of aromatic nitrogens is 1. The lowest BCUT2D eigenvalue weighted by atomic mass is 9.53. The molecule has 1 N–H and O–H groups in total. The molecule has 1 aromatic rings. The molecule has 4 bridgehead atoms. The average Bonchev–Trinajstić information content (AvgIpc) is 2.31. The van der Waals surface area contributed by atoms with Gasteiger partial charge in [-0.3, -0.25) is 0 Å². The maximum Gasteiger partial charge on any atom is 0.140 e. The summed E-state index contributed by atoms with van der Waals surface area (Å²) in [6, 6.07) is 2.08. The molecule has 4 aliphatic carbocycles. The molecule has 0 atom stereocenters. The van der Waals surface area contributed by atoms with E-state index in [1.165, 1.54) is 38.5 Å². The SMILES string of the molecule is Brc1cnc(NC23CC4CC(CC(C4)C2)C3)c(Br)c1. The number of rotatable bonds is 2. The Hall–Kier alpha value is -0.0900. The minimum atomic E-state index is 0.331. The van der Waals surface area contributed by atoms with Gasteiger partial charge in [-0.25, -0.2) is 4.98 Å². The van der Waals surface area contributed by atoms with Gasteiger partial charge >= 0.3 is 0 Å². The summed E-state index contributed by atoms with van der Waals surface area (Å²) >= 11 is 7.10. The maximum atomic E-state index is 4.55. The van der Waals surface area contributed by atoms with Gasteiger partial charge in [-0.1, -0.05) is 0 Å². The summed E-state index contributed by atoms with van der Waals surface area (Å²) in [6.45, 7) is 0. The predicted molar refractivity (Wildman–Crippen MR) is 84.2 cm³/mol. The van der Waals surface area contributed by atoms with Gasteiger partial charge in [0.2, 0.25) is 0 Å². The average molecular weight is 386 g/mol. The van der Waals surface area contributed by atoms with E-state index in [2.05, 4.69) is 48.2 Å². The summed E-state index contributed by atoms with van der Waals surface area (Å²) in [5.41, 5.74) is 0.331. The zero-order valence-electron chi connectivity index (χ0n) is 10.8. The van der Waals surface area contributed by atoms with Gasteiger partial charge < -0.3 is 5.32 Å². The van der Waals surface area contributed by atoms with Crippen molar-refractivity contribution in [3.63, 3.8) is 0 Å². The Balaban J connectivity index is 1.62. The first-order valence-electron chi connectivity index (χ1n) is 7.21. The molecule has 4 aliphatic rings. The third kappa shape index (κ3) is 2.25. The molecule has 0 saturated heterocycles. The summed E-state index contributed by atoms with van der Waals surface area (Å²) in [5, 5.41) is 3.80. The number of pyridine rings is 1. The molecule has 0 spiro atoms. The van der Waals surface area contributed by atoms with Crippen molar-refractivity contribution in [2.75, 3.05) is 5.32 Å². The van der Waals surface area contributed by atoms with Crippen LogP contribution in [-0.4, -0.2) is 10.5 Å². The van der Waals surface area contributed by atoms with E-state index in [-0.39, 0.29) is 0 Å². The summed E-state index contributed by atoms with van der Waals surface area (Å²) in [5.74, 6) is 3.92. The first-order valence-corrected chi connectivity index (χ1v) is 8.80. The molecule has 4 fully saturated rings. The molecule has 1 heterocycles. The van der Waals surface area contributed by atoms with Gasteiger partial charge in [0.05, 0.1) is 4.47 Å². The zero-order chi connectivity index (χ0) is 13.0. The molecule has 0 aromatic carbocycles. The Morgan fingerprint density at radius 1 is 1.05 bits per heavy atom. The molecule has 4 heteroatoms. The third-order valence-corrected chi connectivity index (χ3v) is 6.27. The molecule has 19 heavy (non-hydrogen) atoms. The molecule has 102 valence electrons. The second kappa shape index (κ2) is 4.45. The second-order valence-electron chi connectivity index (χ2n) is 6.81. The van der Waals surface area contributed by atoms with Crippen molar-refractivity contribution in [3.8, 4) is 0 Å². The first kappa shape index (κ1) is 12.6. The summed E-state index contributed by atoms with van der Waals surface area (Å²) in [7, 11) is 0. The van der Waals surface area contributed by atoms with Gasteiger partial charge in [0.25, 0.3) is 0 Å².